The molecular weight excluding hydrogens is 502 g/mol. The monoisotopic (exact) mass is 527 g/mol. The standard InChI is InChI=1S/C29H26ClN5O3/c1-18(32-2)28(36)33-22-17-38-26-14-8-7-13-25(26)34(29(22)37)16-21-20-10-4-6-12-24(20)35(27(21)30)23-11-5-3-9-19(23)15-31/h3-14,18,22,32H,16-17H2,1-2H3,(H,33,36). The molecule has 192 valence electrons. The molecule has 0 bridgehead atoms. The summed E-state index contributed by atoms with van der Waals surface area (Å²) >= 11 is 7.04. The van der Waals surface area contributed by atoms with Crippen molar-refractivity contribution in [2.75, 3.05) is 18.6 Å². The summed E-state index contributed by atoms with van der Waals surface area (Å²) in [6.45, 7) is 1.85. The Morgan fingerprint density at radius 2 is 1.79 bits per heavy atom. The van der Waals surface area contributed by atoms with Crippen LogP contribution in [0.2, 0.25) is 5.15 Å². The number of anilines is 1. The number of fused-ring (bicyclic) bond motifs is 2. The predicted octanol–water partition coefficient (Wildman–Crippen LogP) is 4.17. The fraction of sp³-hybridized carbons (Fsp3) is 0.207. The second kappa shape index (κ2) is 10.6. The highest BCUT2D eigenvalue weighted by atomic mass is 35.5. The number of benzene rings is 3. The Kier molecular flexibility index (Phi) is 7.05. The molecule has 2 N–H and O–H groups in total. The van der Waals surface area contributed by atoms with Gasteiger partial charge in [-0.1, -0.05) is 54.1 Å². The fourth-order valence-electron chi connectivity index (χ4n) is 4.63. The van der Waals surface area contributed by atoms with E-state index in [0.29, 0.717) is 33.4 Å². The number of rotatable bonds is 6. The molecule has 2 heterocycles. The topological polar surface area (TPSA) is 99.4 Å². The highest BCUT2D eigenvalue weighted by Crippen LogP contribution is 2.38. The van der Waals surface area contributed by atoms with Crippen LogP contribution in [0.1, 0.15) is 18.1 Å². The van der Waals surface area contributed by atoms with Crippen LogP contribution in [0, 0.1) is 11.3 Å². The van der Waals surface area contributed by atoms with Crippen molar-refractivity contribution >= 4 is 40.0 Å². The molecule has 38 heavy (non-hydrogen) atoms. The van der Waals surface area contributed by atoms with Gasteiger partial charge in [-0.2, -0.15) is 5.26 Å². The Bertz CT molecular complexity index is 1570. The second-order valence-corrected chi connectivity index (χ2v) is 9.38. The van der Waals surface area contributed by atoms with Crippen molar-refractivity contribution in [3.63, 3.8) is 0 Å². The van der Waals surface area contributed by atoms with E-state index < -0.39 is 12.1 Å². The van der Waals surface area contributed by atoms with Crippen molar-refractivity contribution in [3.8, 4) is 17.5 Å². The van der Waals surface area contributed by atoms with E-state index in [-0.39, 0.29) is 25.0 Å². The van der Waals surface area contributed by atoms with Crippen LogP contribution in [0.25, 0.3) is 16.6 Å². The molecule has 1 aromatic heterocycles. The number of nitriles is 1. The summed E-state index contributed by atoms with van der Waals surface area (Å²) < 4.78 is 7.80. The van der Waals surface area contributed by atoms with Crippen molar-refractivity contribution in [3.05, 3.63) is 89.1 Å². The van der Waals surface area contributed by atoms with Crippen LogP contribution in [0.4, 0.5) is 5.69 Å². The van der Waals surface area contributed by atoms with Gasteiger partial charge in [0, 0.05) is 10.9 Å². The Balaban J connectivity index is 1.62. The zero-order valence-electron chi connectivity index (χ0n) is 20.9. The molecular formula is C29H26ClN5O3. The first-order valence-corrected chi connectivity index (χ1v) is 12.6. The molecule has 1 aliphatic rings. The molecule has 0 saturated heterocycles. The number of nitrogens with one attached hydrogen (secondary N) is 2. The van der Waals surface area contributed by atoms with E-state index in [4.69, 9.17) is 16.3 Å². The van der Waals surface area contributed by atoms with Crippen LogP contribution >= 0.6 is 11.6 Å². The van der Waals surface area contributed by atoms with Gasteiger partial charge in [0.25, 0.3) is 5.91 Å². The van der Waals surface area contributed by atoms with E-state index in [1.165, 1.54) is 0 Å². The number of para-hydroxylation sites is 4. The molecule has 0 radical (unpaired) electrons. The molecule has 0 spiro atoms. The molecule has 4 aromatic rings. The maximum Gasteiger partial charge on any atom is 0.253 e. The van der Waals surface area contributed by atoms with Crippen LogP contribution in [0.5, 0.6) is 5.75 Å². The van der Waals surface area contributed by atoms with Crippen molar-refractivity contribution < 1.29 is 14.3 Å². The van der Waals surface area contributed by atoms with Gasteiger partial charge in [0.15, 0.2) is 0 Å². The largest absolute Gasteiger partial charge is 0.489 e. The average molecular weight is 528 g/mol. The molecule has 5 rings (SSSR count). The number of hydrogen-bond acceptors (Lipinski definition) is 5. The highest BCUT2D eigenvalue weighted by molar-refractivity contribution is 6.32. The third kappa shape index (κ3) is 4.47. The van der Waals surface area contributed by atoms with E-state index in [1.807, 2.05) is 59.2 Å². The lowest BCUT2D eigenvalue weighted by molar-refractivity contribution is -0.129. The molecule has 2 atom stereocenters. The minimum absolute atomic E-state index is 0.000439. The number of aromatic nitrogens is 1. The Labute approximate surface area is 225 Å². The number of likely N-dealkylation sites (N-methyl/N-ethyl adjacent to an activating group) is 1. The fourth-order valence-corrected chi connectivity index (χ4v) is 4.97. The van der Waals surface area contributed by atoms with Crippen molar-refractivity contribution in [2.24, 2.45) is 0 Å². The third-order valence-corrected chi connectivity index (χ3v) is 7.16. The van der Waals surface area contributed by atoms with Gasteiger partial charge in [-0.15, -0.1) is 0 Å². The van der Waals surface area contributed by atoms with E-state index in [9.17, 15) is 14.9 Å². The average Bonchev–Trinajstić information content (AvgIpc) is 3.15. The zero-order valence-corrected chi connectivity index (χ0v) is 21.7. The molecule has 2 unspecified atom stereocenters. The summed E-state index contributed by atoms with van der Waals surface area (Å²) in [7, 11) is 1.68. The lowest BCUT2D eigenvalue weighted by atomic mass is 10.1. The third-order valence-electron chi connectivity index (χ3n) is 6.77. The Morgan fingerprint density at radius 3 is 2.55 bits per heavy atom. The van der Waals surface area contributed by atoms with Gasteiger partial charge < -0.3 is 20.3 Å². The van der Waals surface area contributed by atoms with E-state index in [1.54, 1.807) is 37.1 Å². The van der Waals surface area contributed by atoms with Gasteiger partial charge in [0.2, 0.25) is 5.91 Å². The summed E-state index contributed by atoms with van der Waals surface area (Å²) in [6, 6.07) is 23.1. The second-order valence-electron chi connectivity index (χ2n) is 9.03. The number of amides is 2. The minimum Gasteiger partial charge on any atom is -0.489 e. The van der Waals surface area contributed by atoms with Crippen LogP contribution in [0.3, 0.4) is 0 Å². The molecule has 0 aliphatic carbocycles. The van der Waals surface area contributed by atoms with Gasteiger partial charge >= 0.3 is 0 Å². The zero-order chi connectivity index (χ0) is 26.8. The van der Waals surface area contributed by atoms with Crippen LogP contribution < -0.4 is 20.3 Å². The minimum atomic E-state index is -0.892. The quantitative estimate of drug-likeness (QED) is 0.392. The van der Waals surface area contributed by atoms with Gasteiger partial charge in [-0.25, -0.2) is 0 Å². The Morgan fingerprint density at radius 1 is 1.11 bits per heavy atom. The van der Waals surface area contributed by atoms with Crippen molar-refractivity contribution in [1.29, 1.82) is 5.26 Å². The van der Waals surface area contributed by atoms with E-state index >= 15 is 0 Å². The normalized spacial score (nSPS) is 15.8. The van der Waals surface area contributed by atoms with Gasteiger partial charge in [0.1, 0.15) is 29.6 Å². The Hall–Kier alpha value is -4.32. The lowest BCUT2D eigenvalue weighted by Gasteiger charge is -2.25. The summed E-state index contributed by atoms with van der Waals surface area (Å²) in [6.07, 6.45) is 0. The summed E-state index contributed by atoms with van der Waals surface area (Å²) in [5, 5.41) is 16.7. The van der Waals surface area contributed by atoms with Gasteiger partial charge in [0.05, 0.1) is 35.0 Å². The van der Waals surface area contributed by atoms with Crippen LogP contribution in [0.15, 0.2) is 72.8 Å². The molecule has 0 saturated carbocycles. The van der Waals surface area contributed by atoms with Crippen LogP contribution in [-0.2, 0) is 16.1 Å². The van der Waals surface area contributed by atoms with Crippen molar-refractivity contribution in [2.45, 2.75) is 25.6 Å². The number of halogens is 1. The van der Waals surface area contributed by atoms with Gasteiger partial charge in [-0.3, -0.25) is 14.2 Å². The number of carbonyl (C=O) groups is 2. The molecule has 3 aromatic carbocycles. The first kappa shape index (κ1) is 25.3. The number of nitrogens with zero attached hydrogens (tertiary/aromatic N) is 3. The molecule has 2 amide bonds. The van der Waals surface area contributed by atoms with E-state index in [2.05, 4.69) is 16.7 Å². The molecule has 9 heteroatoms. The molecule has 0 fully saturated rings. The lowest BCUT2D eigenvalue weighted by Crippen LogP contribution is -2.53. The summed E-state index contributed by atoms with van der Waals surface area (Å²) in [5.74, 6) is -0.0750. The smallest absolute Gasteiger partial charge is 0.253 e. The first-order chi connectivity index (χ1) is 18.4. The molecule has 8 nitrogen and oxygen atoms in total. The first-order valence-electron chi connectivity index (χ1n) is 12.2. The number of ether oxygens (including phenoxy) is 1. The molecule has 1 aliphatic heterocycles. The SMILES string of the molecule is CNC(C)C(=O)NC1COc2ccccc2N(Cc2c(Cl)n(-c3ccccc3C#N)c3ccccc23)C1=O. The number of hydrogen-bond donors (Lipinski definition) is 2. The predicted molar refractivity (Wildman–Crippen MR) is 147 cm³/mol. The van der Waals surface area contributed by atoms with Crippen LogP contribution in [-0.4, -0.2) is 42.1 Å². The summed E-state index contributed by atoms with van der Waals surface area (Å²) in [4.78, 5) is 28.1. The van der Waals surface area contributed by atoms with Gasteiger partial charge in [-0.05, 0) is 44.3 Å². The maximum atomic E-state index is 13.9. The maximum absolute atomic E-state index is 13.9. The van der Waals surface area contributed by atoms with Crippen molar-refractivity contribution in [1.82, 2.24) is 15.2 Å². The highest BCUT2D eigenvalue weighted by Gasteiger charge is 2.34. The van der Waals surface area contributed by atoms with E-state index in [0.717, 1.165) is 10.9 Å². The number of carbonyl (C=O) groups excluding carboxylic acids is 2. The summed E-state index contributed by atoms with van der Waals surface area (Å²) in [5.41, 5.74) is 3.25.